The molecule has 2 rings (SSSR count). The minimum absolute atomic E-state index is 0.0311. The van der Waals surface area contributed by atoms with Gasteiger partial charge in [-0.1, -0.05) is 12.1 Å². The molecule has 20 heavy (non-hydrogen) atoms. The average molecular weight is 276 g/mol. The summed E-state index contributed by atoms with van der Waals surface area (Å²) in [6.07, 6.45) is 1.73. The molecule has 0 bridgehead atoms. The number of ether oxygens (including phenoxy) is 2. The van der Waals surface area contributed by atoms with Crippen LogP contribution in [0.5, 0.6) is 5.75 Å². The van der Waals surface area contributed by atoms with E-state index in [9.17, 15) is 9.59 Å². The van der Waals surface area contributed by atoms with Gasteiger partial charge in [0, 0.05) is 6.42 Å². The van der Waals surface area contributed by atoms with Crippen molar-refractivity contribution >= 4 is 11.8 Å². The van der Waals surface area contributed by atoms with Crippen molar-refractivity contribution in [2.75, 3.05) is 14.2 Å². The van der Waals surface area contributed by atoms with Gasteiger partial charge in [-0.15, -0.1) is 0 Å². The van der Waals surface area contributed by atoms with Crippen LogP contribution < -0.4 is 4.74 Å². The normalized spacial score (nSPS) is 26.1. The van der Waals surface area contributed by atoms with Crippen molar-refractivity contribution in [1.82, 2.24) is 0 Å². The van der Waals surface area contributed by atoms with Crippen LogP contribution in [0.4, 0.5) is 0 Å². The van der Waals surface area contributed by atoms with E-state index < -0.39 is 11.4 Å². The minimum atomic E-state index is -0.974. The van der Waals surface area contributed by atoms with E-state index in [4.69, 9.17) is 9.47 Å². The largest absolute Gasteiger partial charge is 0.497 e. The van der Waals surface area contributed by atoms with Gasteiger partial charge in [0.15, 0.2) is 5.78 Å². The second kappa shape index (κ2) is 5.65. The second-order valence-corrected chi connectivity index (χ2v) is 5.46. The van der Waals surface area contributed by atoms with E-state index in [0.29, 0.717) is 12.8 Å². The molecule has 1 aromatic rings. The van der Waals surface area contributed by atoms with Crippen LogP contribution in [0.1, 0.15) is 37.7 Å². The molecule has 0 amide bonds. The number of ketones is 1. The molecular formula is C16H20O4. The van der Waals surface area contributed by atoms with E-state index in [1.54, 1.807) is 14.0 Å². The molecule has 1 fully saturated rings. The molecule has 0 spiro atoms. The topological polar surface area (TPSA) is 52.6 Å². The summed E-state index contributed by atoms with van der Waals surface area (Å²) in [6.45, 7) is 1.69. The maximum Gasteiger partial charge on any atom is 0.319 e. The lowest BCUT2D eigenvalue weighted by molar-refractivity contribution is -0.159. The zero-order chi connectivity index (χ0) is 14.8. The molecule has 108 valence electrons. The van der Waals surface area contributed by atoms with Crippen molar-refractivity contribution in [1.29, 1.82) is 0 Å². The third kappa shape index (κ3) is 2.55. The van der Waals surface area contributed by atoms with Gasteiger partial charge in [-0.2, -0.15) is 0 Å². The summed E-state index contributed by atoms with van der Waals surface area (Å²) in [5.41, 5.74) is 0.142. The van der Waals surface area contributed by atoms with Gasteiger partial charge < -0.3 is 9.47 Å². The molecule has 0 unspecified atom stereocenters. The van der Waals surface area contributed by atoms with Crippen LogP contribution in [0.25, 0.3) is 0 Å². The molecule has 2 atom stereocenters. The van der Waals surface area contributed by atoms with Crippen molar-refractivity contribution in [3.05, 3.63) is 29.8 Å². The number of hydrogen-bond donors (Lipinski definition) is 0. The summed E-state index contributed by atoms with van der Waals surface area (Å²) in [6, 6.07) is 7.76. The number of esters is 1. The lowest BCUT2D eigenvalue weighted by Crippen LogP contribution is -2.41. The van der Waals surface area contributed by atoms with E-state index in [0.717, 1.165) is 17.7 Å². The number of benzene rings is 1. The molecule has 0 N–H and O–H groups in total. The predicted octanol–water partition coefficient (Wildman–Crippen LogP) is 2.71. The van der Waals surface area contributed by atoms with Crippen molar-refractivity contribution in [2.24, 2.45) is 5.41 Å². The highest BCUT2D eigenvalue weighted by Gasteiger charge is 2.45. The van der Waals surface area contributed by atoms with Gasteiger partial charge in [0.25, 0.3) is 0 Å². The Kier molecular flexibility index (Phi) is 4.12. The first kappa shape index (κ1) is 14.6. The Hall–Kier alpha value is -1.84. The van der Waals surface area contributed by atoms with Gasteiger partial charge in [-0.3, -0.25) is 9.59 Å². The molecular weight excluding hydrogens is 256 g/mol. The molecule has 1 saturated carbocycles. The fourth-order valence-corrected chi connectivity index (χ4v) is 2.76. The highest BCUT2D eigenvalue weighted by atomic mass is 16.5. The van der Waals surface area contributed by atoms with Gasteiger partial charge in [-0.25, -0.2) is 0 Å². The number of rotatable bonds is 3. The number of hydrogen-bond acceptors (Lipinski definition) is 4. The molecule has 1 aliphatic rings. The van der Waals surface area contributed by atoms with Crippen LogP contribution >= 0.6 is 0 Å². The number of methoxy groups -OCH3 is 2. The predicted molar refractivity (Wildman–Crippen MR) is 74.7 cm³/mol. The van der Waals surface area contributed by atoms with E-state index in [1.807, 2.05) is 24.3 Å². The standard InChI is InChI=1S/C16H20O4/c1-16(15(18)20-3)9-8-12(10-14(16)17)11-4-6-13(19-2)7-5-11/h4-7,12H,8-10H2,1-3H3/t12-,16-/m1/s1. The maximum absolute atomic E-state index is 12.3. The van der Waals surface area contributed by atoms with Crippen molar-refractivity contribution in [3.8, 4) is 5.75 Å². The molecule has 1 aromatic carbocycles. The summed E-state index contributed by atoms with van der Waals surface area (Å²) in [7, 11) is 2.96. The van der Waals surface area contributed by atoms with Crippen molar-refractivity contribution in [2.45, 2.75) is 32.1 Å². The van der Waals surface area contributed by atoms with Gasteiger partial charge in [0.05, 0.1) is 14.2 Å². The third-order valence-electron chi connectivity index (χ3n) is 4.26. The second-order valence-electron chi connectivity index (χ2n) is 5.46. The monoisotopic (exact) mass is 276 g/mol. The lowest BCUT2D eigenvalue weighted by Gasteiger charge is -2.33. The van der Waals surface area contributed by atoms with E-state index in [1.165, 1.54) is 7.11 Å². The lowest BCUT2D eigenvalue weighted by atomic mass is 9.69. The van der Waals surface area contributed by atoms with Crippen LogP contribution in [0.15, 0.2) is 24.3 Å². The summed E-state index contributed by atoms with van der Waals surface area (Å²) in [4.78, 5) is 24.1. The van der Waals surface area contributed by atoms with E-state index in [2.05, 4.69) is 0 Å². The Labute approximate surface area is 119 Å². The SMILES string of the molecule is COC(=O)[C@]1(C)CC[C@@H](c2ccc(OC)cc2)CC1=O. The third-order valence-corrected chi connectivity index (χ3v) is 4.26. The Morgan fingerprint density at radius 3 is 2.40 bits per heavy atom. The summed E-state index contributed by atoms with van der Waals surface area (Å²) >= 11 is 0. The molecule has 0 heterocycles. The zero-order valence-electron chi connectivity index (χ0n) is 12.1. The van der Waals surface area contributed by atoms with Crippen molar-refractivity contribution in [3.63, 3.8) is 0 Å². The Balaban J connectivity index is 2.12. The Bertz CT molecular complexity index is 506. The summed E-state index contributed by atoms with van der Waals surface area (Å²) in [5, 5.41) is 0. The first-order chi connectivity index (χ1) is 9.51. The maximum atomic E-state index is 12.3. The van der Waals surface area contributed by atoms with E-state index in [-0.39, 0.29) is 11.7 Å². The highest BCUT2D eigenvalue weighted by Crippen LogP contribution is 2.41. The van der Waals surface area contributed by atoms with Crippen LogP contribution in [-0.4, -0.2) is 26.0 Å². The smallest absolute Gasteiger partial charge is 0.319 e. The van der Waals surface area contributed by atoms with Crippen LogP contribution in [-0.2, 0) is 14.3 Å². The molecule has 0 radical (unpaired) electrons. The first-order valence-electron chi connectivity index (χ1n) is 6.77. The fraction of sp³-hybridized carbons (Fsp3) is 0.500. The fourth-order valence-electron chi connectivity index (χ4n) is 2.76. The molecule has 1 aliphatic carbocycles. The van der Waals surface area contributed by atoms with E-state index >= 15 is 0 Å². The quantitative estimate of drug-likeness (QED) is 0.629. The Morgan fingerprint density at radius 2 is 1.90 bits per heavy atom. The molecule has 0 aromatic heterocycles. The van der Waals surface area contributed by atoms with Gasteiger partial charge in [-0.05, 0) is 43.4 Å². The van der Waals surface area contributed by atoms with Crippen LogP contribution in [0.2, 0.25) is 0 Å². The molecule has 4 nitrogen and oxygen atoms in total. The van der Waals surface area contributed by atoms with Gasteiger partial charge in [0.2, 0.25) is 0 Å². The zero-order valence-corrected chi connectivity index (χ0v) is 12.1. The average Bonchev–Trinajstić information content (AvgIpc) is 2.49. The van der Waals surface area contributed by atoms with Gasteiger partial charge >= 0.3 is 5.97 Å². The van der Waals surface area contributed by atoms with Crippen LogP contribution in [0, 0.1) is 5.41 Å². The summed E-state index contributed by atoms with van der Waals surface area (Å²) in [5.74, 6) is 0.522. The molecule has 0 aliphatic heterocycles. The number of Topliss-reactive ketones (excluding diaryl/α,β-unsaturated/α-hetero) is 1. The number of carbonyl (C=O) groups is 2. The van der Waals surface area contributed by atoms with Gasteiger partial charge in [0.1, 0.15) is 11.2 Å². The number of carbonyl (C=O) groups excluding carboxylic acids is 2. The molecule has 4 heteroatoms. The summed E-state index contributed by atoms with van der Waals surface area (Å²) < 4.78 is 9.89. The van der Waals surface area contributed by atoms with Crippen molar-refractivity contribution < 1.29 is 19.1 Å². The minimum Gasteiger partial charge on any atom is -0.497 e. The highest BCUT2D eigenvalue weighted by molar-refractivity contribution is 6.04. The Morgan fingerprint density at radius 1 is 1.25 bits per heavy atom. The first-order valence-corrected chi connectivity index (χ1v) is 6.77. The molecule has 0 saturated heterocycles. The van der Waals surface area contributed by atoms with Crippen LogP contribution in [0.3, 0.4) is 0 Å².